The van der Waals surface area contributed by atoms with Crippen molar-refractivity contribution >= 4 is 17.7 Å². The number of carbonyl (C=O) groups excluding carboxylic acids is 1. The average Bonchev–Trinajstić information content (AvgIpc) is 2.50. The van der Waals surface area contributed by atoms with Gasteiger partial charge in [0.2, 0.25) is 0 Å². The Morgan fingerprint density at radius 3 is 1.86 bits per heavy atom. The quantitative estimate of drug-likeness (QED) is 0.468. The Kier molecular flexibility index (Phi) is 5.06. The molecule has 0 heterocycles. The first-order valence-corrected chi connectivity index (χ1v) is 7.20. The lowest BCUT2D eigenvalue weighted by atomic mass is 10.3. The molecule has 2 aromatic carbocycles. The number of carbonyl (C=O) groups is 1. The summed E-state index contributed by atoms with van der Waals surface area (Å²) in [6.45, 7) is 5.17. The highest BCUT2D eigenvalue weighted by Crippen LogP contribution is 2.30. The monoisotopic (exact) mass is 300 g/mol. The second kappa shape index (κ2) is 6.99. The fourth-order valence-electron chi connectivity index (χ4n) is 1.55. The second-order valence-corrected chi connectivity index (χ2v) is 5.57. The molecule has 21 heavy (non-hydrogen) atoms. The van der Waals surface area contributed by atoms with Crippen LogP contribution in [-0.2, 0) is 4.79 Å². The molecule has 0 saturated heterocycles. The summed E-state index contributed by atoms with van der Waals surface area (Å²) in [6.07, 6.45) is 0. The van der Waals surface area contributed by atoms with Crippen LogP contribution in [0.4, 0.5) is 0 Å². The molecule has 0 radical (unpaired) electrons. The lowest BCUT2D eigenvalue weighted by Crippen LogP contribution is -2.07. The summed E-state index contributed by atoms with van der Waals surface area (Å²) in [6, 6.07) is 15.2. The molecule has 0 spiro atoms. The molecule has 3 nitrogen and oxygen atoms in total. The molecular weight excluding hydrogens is 284 g/mol. The van der Waals surface area contributed by atoms with E-state index < -0.39 is 5.97 Å². The van der Waals surface area contributed by atoms with Crippen molar-refractivity contribution in [2.24, 2.45) is 0 Å². The fraction of sp³-hybridized carbons (Fsp3) is 0.118. The van der Waals surface area contributed by atoms with E-state index in [1.807, 2.05) is 36.4 Å². The van der Waals surface area contributed by atoms with Crippen LogP contribution in [0.5, 0.6) is 11.5 Å². The Hall–Kier alpha value is -2.20. The molecule has 2 rings (SSSR count). The number of hydrogen-bond acceptors (Lipinski definition) is 4. The first-order chi connectivity index (χ1) is 10.1. The first kappa shape index (κ1) is 15.2. The van der Waals surface area contributed by atoms with Crippen LogP contribution in [0.25, 0.3) is 0 Å². The van der Waals surface area contributed by atoms with Crippen LogP contribution < -0.4 is 9.47 Å². The van der Waals surface area contributed by atoms with E-state index in [2.05, 4.69) is 6.58 Å². The molecule has 0 unspecified atom stereocenters. The van der Waals surface area contributed by atoms with E-state index in [1.165, 1.54) is 0 Å². The zero-order chi connectivity index (χ0) is 15.2. The van der Waals surface area contributed by atoms with Crippen LogP contribution in [0.15, 0.2) is 70.5 Å². The SMILES string of the molecule is C=C(C)C(=O)Oc1ccc(Sc2ccc(OC)cc2)cc1. The molecule has 0 fully saturated rings. The lowest BCUT2D eigenvalue weighted by molar-refractivity contribution is -0.130. The summed E-state index contributed by atoms with van der Waals surface area (Å²) in [5.41, 5.74) is 0.381. The molecule has 0 atom stereocenters. The van der Waals surface area contributed by atoms with Crippen molar-refractivity contribution in [1.29, 1.82) is 0 Å². The van der Waals surface area contributed by atoms with Gasteiger partial charge < -0.3 is 9.47 Å². The van der Waals surface area contributed by atoms with Gasteiger partial charge in [0, 0.05) is 15.4 Å². The summed E-state index contributed by atoms with van der Waals surface area (Å²) in [4.78, 5) is 13.6. The number of hydrogen-bond donors (Lipinski definition) is 0. The van der Waals surface area contributed by atoms with E-state index in [1.54, 1.807) is 37.9 Å². The number of benzene rings is 2. The third kappa shape index (κ3) is 4.39. The van der Waals surface area contributed by atoms with Gasteiger partial charge in [-0.3, -0.25) is 0 Å². The largest absolute Gasteiger partial charge is 0.497 e. The van der Waals surface area contributed by atoms with Gasteiger partial charge in [-0.15, -0.1) is 0 Å². The van der Waals surface area contributed by atoms with Crippen LogP contribution in [0.3, 0.4) is 0 Å². The van der Waals surface area contributed by atoms with Gasteiger partial charge >= 0.3 is 5.97 Å². The van der Waals surface area contributed by atoms with Gasteiger partial charge in [0.1, 0.15) is 11.5 Å². The highest BCUT2D eigenvalue weighted by Gasteiger charge is 2.05. The third-order valence-electron chi connectivity index (χ3n) is 2.68. The van der Waals surface area contributed by atoms with Crippen molar-refractivity contribution in [2.75, 3.05) is 7.11 Å². The van der Waals surface area contributed by atoms with E-state index in [4.69, 9.17) is 9.47 Å². The molecule has 0 aliphatic heterocycles. The van der Waals surface area contributed by atoms with E-state index in [0.29, 0.717) is 11.3 Å². The van der Waals surface area contributed by atoms with E-state index in [-0.39, 0.29) is 0 Å². The van der Waals surface area contributed by atoms with Crippen LogP contribution in [0, 0.1) is 0 Å². The Balaban J connectivity index is 2.01. The predicted octanol–water partition coefficient (Wildman–Crippen LogP) is 4.33. The van der Waals surface area contributed by atoms with Gasteiger partial charge in [0.05, 0.1) is 7.11 Å². The zero-order valence-corrected chi connectivity index (χ0v) is 12.8. The summed E-state index contributed by atoms with van der Waals surface area (Å²) in [5.74, 6) is 0.939. The molecular formula is C17H16O3S. The Morgan fingerprint density at radius 1 is 0.952 bits per heavy atom. The highest BCUT2D eigenvalue weighted by atomic mass is 32.2. The Labute approximate surface area is 128 Å². The number of ether oxygens (including phenoxy) is 2. The van der Waals surface area contributed by atoms with Gasteiger partial charge in [-0.1, -0.05) is 18.3 Å². The average molecular weight is 300 g/mol. The molecule has 2 aromatic rings. The topological polar surface area (TPSA) is 35.5 Å². The fourth-order valence-corrected chi connectivity index (χ4v) is 2.37. The van der Waals surface area contributed by atoms with Crippen LogP contribution in [0.1, 0.15) is 6.92 Å². The minimum absolute atomic E-state index is 0.381. The summed E-state index contributed by atoms with van der Waals surface area (Å²) in [7, 11) is 1.65. The molecule has 4 heteroatoms. The molecule has 108 valence electrons. The maximum atomic E-state index is 11.4. The van der Waals surface area contributed by atoms with Gasteiger partial charge in [0.25, 0.3) is 0 Å². The summed E-state index contributed by atoms with van der Waals surface area (Å²) in [5, 5.41) is 0. The molecule has 0 saturated carbocycles. The second-order valence-electron chi connectivity index (χ2n) is 4.42. The van der Waals surface area contributed by atoms with Crippen LogP contribution in [0.2, 0.25) is 0 Å². The standard InChI is InChI=1S/C17H16O3S/c1-12(2)17(18)20-14-6-10-16(11-7-14)21-15-8-4-13(19-3)5-9-15/h4-11H,1H2,2-3H3. The highest BCUT2D eigenvalue weighted by molar-refractivity contribution is 7.99. The molecule has 0 aliphatic rings. The zero-order valence-electron chi connectivity index (χ0n) is 12.0. The number of rotatable bonds is 5. The maximum Gasteiger partial charge on any atom is 0.338 e. The van der Waals surface area contributed by atoms with Crippen molar-refractivity contribution in [1.82, 2.24) is 0 Å². The predicted molar refractivity (Wildman–Crippen MR) is 84.0 cm³/mol. The Morgan fingerprint density at radius 2 is 1.43 bits per heavy atom. The van der Waals surface area contributed by atoms with Crippen molar-refractivity contribution in [3.63, 3.8) is 0 Å². The van der Waals surface area contributed by atoms with Gasteiger partial charge in [-0.2, -0.15) is 0 Å². The normalized spacial score (nSPS) is 10.0. The van der Waals surface area contributed by atoms with E-state index in [0.717, 1.165) is 15.5 Å². The first-order valence-electron chi connectivity index (χ1n) is 6.38. The summed E-state index contributed by atoms with van der Waals surface area (Å²) >= 11 is 1.63. The van der Waals surface area contributed by atoms with Crippen molar-refractivity contribution in [3.05, 3.63) is 60.7 Å². The molecule has 0 aliphatic carbocycles. The molecule has 0 amide bonds. The lowest BCUT2D eigenvalue weighted by Gasteiger charge is -2.06. The summed E-state index contributed by atoms with van der Waals surface area (Å²) < 4.78 is 10.3. The third-order valence-corrected chi connectivity index (χ3v) is 3.69. The minimum Gasteiger partial charge on any atom is -0.497 e. The van der Waals surface area contributed by atoms with Crippen LogP contribution >= 0.6 is 11.8 Å². The number of methoxy groups -OCH3 is 1. The Bertz CT molecular complexity index is 630. The number of esters is 1. The molecule has 0 bridgehead atoms. The maximum absolute atomic E-state index is 11.4. The van der Waals surface area contributed by atoms with Crippen molar-refractivity contribution in [2.45, 2.75) is 16.7 Å². The van der Waals surface area contributed by atoms with Crippen molar-refractivity contribution in [3.8, 4) is 11.5 Å². The molecule has 0 N–H and O–H groups in total. The van der Waals surface area contributed by atoms with E-state index in [9.17, 15) is 4.79 Å². The minimum atomic E-state index is -0.412. The van der Waals surface area contributed by atoms with Crippen molar-refractivity contribution < 1.29 is 14.3 Å². The van der Waals surface area contributed by atoms with Gasteiger partial charge in [0.15, 0.2) is 0 Å². The molecule has 0 aromatic heterocycles. The van der Waals surface area contributed by atoms with Gasteiger partial charge in [-0.25, -0.2) is 4.79 Å². The van der Waals surface area contributed by atoms with E-state index >= 15 is 0 Å². The van der Waals surface area contributed by atoms with Crippen LogP contribution in [-0.4, -0.2) is 13.1 Å². The smallest absolute Gasteiger partial charge is 0.338 e. The van der Waals surface area contributed by atoms with Gasteiger partial charge in [-0.05, 0) is 55.5 Å².